The third-order valence-corrected chi connectivity index (χ3v) is 5.33. The van der Waals surface area contributed by atoms with Crippen molar-refractivity contribution in [2.24, 2.45) is 0 Å². The second-order valence-electron chi connectivity index (χ2n) is 7.80. The van der Waals surface area contributed by atoms with Gasteiger partial charge in [-0.25, -0.2) is 9.97 Å². The van der Waals surface area contributed by atoms with Crippen LogP contribution < -0.4 is 14.8 Å². The van der Waals surface area contributed by atoms with Crippen molar-refractivity contribution in [1.82, 2.24) is 14.9 Å². The van der Waals surface area contributed by atoms with Gasteiger partial charge in [0.25, 0.3) is 0 Å². The Labute approximate surface area is 209 Å². The van der Waals surface area contributed by atoms with E-state index in [4.69, 9.17) is 37.4 Å². The first-order valence-electron chi connectivity index (χ1n) is 10.9. The molecule has 2 N–H and O–H groups in total. The van der Waals surface area contributed by atoms with Crippen molar-refractivity contribution in [2.45, 2.75) is 20.0 Å². The monoisotopic (exact) mass is 508 g/mol. The predicted molar refractivity (Wildman–Crippen MR) is 136 cm³/mol. The number of halogens is 2. The van der Waals surface area contributed by atoms with E-state index in [0.717, 1.165) is 11.9 Å². The first-order valence-corrected chi connectivity index (χ1v) is 11.7. The third-order valence-electron chi connectivity index (χ3n) is 5.09. The number of methoxy groups -OCH3 is 1. The van der Waals surface area contributed by atoms with Gasteiger partial charge in [0.15, 0.2) is 11.5 Å². The van der Waals surface area contributed by atoms with Crippen LogP contribution in [-0.4, -0.2) is 72.6 Å². The predicted octanol–water partition coefficient (Wildman–Crippen LogP) is 4.29. The standard InChI is InChI=1S/C24H30Cl2N4O4/c1-16(25)4-5-18(10-17(2)26)29-24-20-11-22(32-3)23(12-21(20)27-15-28-24)34-14-19-13-30(6-8-31)7-9-33-19/h4-5,10-12,15,19,31H,6-9,13-14H2,1-3H3,(H,27,28,29)/b16-4+,17-10+,18-5+. The quantitative estimate of drug-likeness (QED) is 0.459. The lowest BCUT2D eigenvalue weighted by Gasteiger charge is -2.32. The highest BCUT2D eigenvalue weighted by atomic mass is 35.5. The van der Waals surface area contributed by atoms with Gasteiger partial charge in [-0.3, -0.25) is 4.90 Å². The molecule has 0 spiro atoms. The molecule has 1 saturated heterocycles. The average molecular weight is 509 g/mol. The summed E-state index contributed by atoms with van der Waals surface area (Å²) in [5.41, 5.74) is 1.41. The fraction of sp³-hybridized carbons (Fsp3) is 0.417. The Hall–Kier alpha value is -2.36. The number of aromatic nitrogens is 2. The molecule has 1 atom stereocenters. The molecule has 1 aromatic heterocycles. The number of hydrogen-bond acceptors (Lipinski definition) is 8. The van der Waals surface area contributed by atoms with E-state index in [1.165, 1.54) is 6.33 Å². The fourth-order valence-electron chi connectivity index (χ4n) is 3.53. The zero-order chi connectivity index (χ0) is 24.5. The van der Waals surface area contributed by atoms with Crippen molar-refractivity contribution < 1.29 is 19.3 Å². The number of hydrogen-bond donors (Lipinski definition) is 2. The molecule has 1 aliphatic heterocycles. The Kier molecular flexibility index (Phi) is 9.98. The molecular formula is C24H30Cl2N4O4. The Morgan fingerprint density at radius 2 is 2.06 bits per heavy atom. The van der Waals surface area contributed by atoms with Gasteiger partial charge in [0.05, 0.1) is 25.8 Å². The van der Waals surface area contributed by atoms with Gasteiger partial charge in [0, 0.05) is 46.8 Å². The van der Waals surface area contributed by atoms with Crippen LogP contribution in [0, 0.1) is 0 Å². The number of aliphatic hydroxyl groups excluding tert-OH is 1. The second-order valence-corrected chi connectivity index (χ2v) is 8.99. The topological polar surface area (TPSA) is 89.0 Å². The van der Waals surface area contributed by atoms with Crippen molar-refractivity contribution in [3.63, 3.8) is 0 Å². The highest BCUT2D eigenvalue weighted by molar-refractivity contribution is 6.29. The number of fused-ring (bicyclic) bond motifs is 1. The van der Waals surface area contributed by atoms with Gasteiger partial charge in [0.1, 0.15) is 24.9 Å². The van der Waals surface area contributed by atoms with Crippen molar-refractivity contribution in [3.8, 4) is 11.5 Å². The molecule has 0 bridgehead atoms. The Morgan fingerprint density at radius 1 is 1.24 bits per heavy atom. The van der Waals surface area contributed by atoms with E-state index >= 15 is 0 Å². The molecule has 34 heavy (non-hydrogen) atoms. The molecule has 1 aliphatic rings. The van der Waals surface area contributed by atoms with E-state index in [1.54, 1.807) is 33.1 Å². The minimum Gasteiger partial charge on any atom is -0.493 e. The van der Waals surface area contributed by atoms with Gasteiger partial charge in [-0.05, 0) is 38.1 Å². The largest absolute Gasteiger partial charge is 0.493 e. The Morgan fingerprint density at radius 3 is 2.76 bits per heavy atom. The molecule has 0 amide bonds. The van der Waals surface area contributed by atoms with Crippen LogP contribution in [0.2, 0.25) is 0 Å². The summed E-state index contributed by atoms with van der Waals surface area (Å²) in [4.78, 5) is 11.0. The summed E-state index contributed by atoms with van der Waals surface area (Å²) < 4.78 is 17.5. The number of β-amino-alcohol motifs (C(OH)–C–C–N with tert-alkyl or cyclic N) is 1. The molecule has 0 saturated carbocycles. The van der Waals surface area contributed by atoms with E-state index in [1.807, 2.05) is 18.2 Å². The summed E-state index contributed by atoms with van der Waals surface area (Å²) in [6.45, 7) is 6.80. The van der Waals surface area contributed by atoms with E-state index in [2.05, 4.69) is 20.2 Å². The van der Waals surface area contributed by atoms with Crippen molar-refractivity contribution in [3.05, 3.63) is 52.4 Å². The summed E-state index contributed by atoms with van der Waals surface area (Å²) >= 11 is 12.1. The van der Waals surface area contributed by atoms with Crippen LogP contribution in [-0.2, 0) is 4.74 Å². The summed E-state index contributed by atoms with van der Waals surface area (Å²) in [7, 11) is 1.59. The van der Waals surface area contributed by atoms with E-state index in [-0.39, 0.29) is 12.7 Å². The van der Waals surface area contributed by atoms with Crippen LogP contribution in [0.5, 0.6) is 11.5 Å². The molecule has 1 fully saturated rings. The lowest BCUT2D eigenvalue weighted by Crippen LogP contribution is -2.45. The number of aliphatic hydroxyl groups is 1. The van der Waals surface area contributed by atoms with Crippen molar-refractivity contribution in [2.75, 3.05) is 51.9 Å². The second kappa shape index (κ2) is 12.9. The van der Waals surface area contributed by atoms with Gasteiger partial charge in [-0.15, -0.1) is 0 Å². The van der Waals surface area contributed by atoms with Crippen LogP contribution >= 0.6 is 23.2 Å². The SMILES string of the molecule is COc1cc2c(NC(/C=C(\C)Cl)=C/C=C(\C)Cl)ncnc2cc1OCC1CN(CCO)CCO1. The minimum atomic E-state index is -0.0972. The first kappa shape index (κ1) is 26.2. The number of allylic oxidation sites excluding steroid dienone is 5. The number of nitrogens with zero attached hydrogens (tertiary/aromatic N) is 3. The third kappa shape index (κ3) is 7.58. The normalized spacial score (nSPS) is 18.3. The number of anilines is 1. The minimum absolute atomic E-state index is 0.0972. The van der Waals surface area contributed by atoms with Crippen LogP contribution in [0.1, 0.15) is 13.8 Å². The lowest BCUT2D eigenvalue weighted by atomic mass is 10.2. The molecule has 8 nitrogen and oxygen atoms in total. The number of benzene rings is 1. The zero-order valence-corrected chi connectivity index (χ0v) is 21.1. The maximum absolute atomic E-state index is 9.19. The van der Waals surface area contributed by atoms with Gasteiger partial charge < -0.3 is 24.6 Å². The van der Waals surface area contributed by atoms with Crippen LogP contribution in [0.25, 0.3) is 10.9 Å². The molecule has 0 radical (unpaired) electrons. The molecular weight excluding hydrogens is 479 g/mol. The summed E-state index contributed by atoms with van der Waals surface area (Å²) in [6.07, 6.45) is 6.76. The van der Waals surface area contributed by atoms with E-state index < -0.39 is 0 Å². The van der Waals surface area contributed by atoms with Crippen molar-refractivity contribution in [1.29, 1.82) is 0 Å². The van der Waals surface area contributed by atoms with Gasteiger partial charge >= 0.3 is 0 Å². The summed E-state index contributed by atoms with van der Waals surface area (Å²) in [6, 6.07) is 3.66. The number of nitrogens with one attached hydrogen (secondary N) is 1. The molecule has 3 rings (SSSR count). The molecule has 1 unspecified atom stereocenters. The maximum Gasteiger partial charge on any atom is 0.163 e. The summed E-state index contributed by atoms with van der Waals surface area (Å²) in [5.74, 6) is 1.71. The number of ether oxygens (including phenoxy) is 3. The number of morpholine rings is 1. The van der Waals surface area contributed by atoms with E-state index in [0.29, 0.717) is 64.9 Å². The smallest absolute Gasteiger partial charge is 0.163 e. The van der Waals surface area contributed by atoms with Gasteiger partial charge in [0.2, 0.25) is 0 Å². The fourth-order valence-corrected chi connectivity index (χ4v) is 3.71. The van der Waals surface area contributed by atoms with Crippen molar-refractivity contribution >= 4 is 39.9 Å². The molecule has 184 valence electrons. The number of rotatable bonds is 10. The highest BCUT2D eigenvalue weighted by Crippen LogP contribution is 2.34. The van der Waals surface area contributed by atoms with Crippen LogP contribution in [0.4, 0.5) is 5.82 Å². The molecule has 0 aliphatic carbocycles. The summed E-state index contributed by atoms with van der Waals surface area (Å²) in [5, 5.41) is 14.5. The molecule has 1 aromatic carbocycles. The maximum atomic E-state index is 9.19. The van der Waals surface area contributed by atoms with E-state index in [9.17, 15) is 5.11 Å². The zero-order valence-electron chi connectivity index (χ0n) is 19.6. The molecule has 2 heterocycles. The van der Waals surface area contributed by atoms with Gasteiger partial charge in [-0.2, -0.15) is 0 Å². The van der Waals surface area contributed by atoms with Gasteiger partial charge in [-0.1, -0.05) is 23.2 Å². The Balaban J connectivity index is 1.84. The Bertz CT molecular complexity index is 1060. The van der Waals surface area contributed by atoms with Crippen LogP contribution in [0.15, 0.2) is 52.4 Å². The van der Waals surface area contributed by atoms with Crippen LogP contribution in [0.3, 0.4) is 0 Å². The molecule has 2 aromatic rings. The highest BCUT2D eigenvalue weighted by Gasteiger charge is 2.21. The lowest BCUT2D eigenvalue weighted by molar-refractivity contribution is -0.0510. The first-order chi connectivity index (χ1) is 16.4. The molecule has 10 heteroatoms. The average Bonchev–Trinajstić information content (AvgIpc) is 2.81.